The molecule has 1 saturated heterocycles. The highest BCUT2D eigenvalue weighted by Crippen LogP contribution is 2.61. The maximum absolute atomic E-state index is 14.4. The van der Waals surface area contributed by atoms with Crippen LogP contribution in [0.15, 0.2) is 66.7 Å². The van der Waals surface area contributed by atoms with Crippen molar-refractivity contribution >= 4 is 40.7 Å². The molecule has 1 aliphatic carbocycles. The number of nitrogens with zero attached hydrogens (tertiary/aromatic N) is 1. The number of carbonyl (C=O) groups excluding carboxylic acids is 3. The van der Waals surface area contributed by atoms with Gasteiger partial charge in [0.2, 0.25) is 0 Å². The molecule has 6 rings (SSSR count). The molecule has 6 nitrogen and oxygen atoms in total. The van der Waals surface area contributed by atoms with Gasteiger partial charge in [-0.2, -0.15) is 0 Å². The van der Waals surface area contributed by atoms with Crippen LogP contribution >= 0.6 is 11.6 Å². The molecule has 1 fully saturated rings. The number of fused-ring (bicyclic) bond motifs is 5. The van der Waals surface area contributed by atoms with Gasteiger partial charge in [0.15, 0.2) is 17.3 Å². The Hall–Kier alpha value is -3.90. The predicted octanol–water partition coefficient (Wildman–Crippen LogP) is 5.38. The third kappa shape index (κ3) is 3.02. The van der Waals surface area contributed by atoms with Crippen LogP contribution in [0.3, 0.4) is 0 Å². The summed E-state index contributed by atoms with van der Waals surface area (Å²) < 4.78 is 11.1. The van der Waals surface area contributed by atoms with E-state index in [0.29, 0.717) is 33.2 Å². The second-order valence-electron chi connectivity index (χ2n) is 9.63. The summed E-state index contributed by atoms with van der Waals surface area (Å²) in [4.78, 5) is 44.4. The van der Waals surface area contributed by atoms with Gasteiger partial charge < -0.3 is 14.4 Å². The number of ether oxygens (including phenoxy) is 2. The number of benzene rings is 3. The van der Waals surface area contributed by atoms with Gasteiger partial charge in [-0.1, -0.05) is 54.1 Å². The normalized spacial score (nSPS) is 22.6. The number of methoxy groups -OCH3 is 2. The lowest BCUT2D eigenvalue weighted by Gasteiger charge is -2.37. The monoisotopic (exact) mass is 513 g/mol. The third-order valence-electron chi connectivity index (χ3n) is 7.96. The van der Waals surface area contributed by atoms with Crippen LogP contribution in [0.5, 0.6) is 11.5 Å². The molecule has 3 aromatic rings. The average molecular weight is 514 g/mol. The number of anilines is 1. The number of hydrogen-bond donors (Lipinski definition) is 0. The van der Waals surface area contributed by atoms with Gasteiger partial charge in [-0.3, -0.25) is 14.4 Å². The van der Waals surface area contributed by atoms with Crippen LogP contribution in [0.2, 0.25) is 5.02 Å². The van der Waals surface area contributed by atoms with Crippen molar-refractivity contribution in [1.29, 1.82) is 0 Å². The molecule has 0 aromatic heterocycles. The highest BCUT2D eigenvalue weighted by atomic mass is 35.5. The second kappa shape index (κ2) is 8.32. The smallest absolute Gasteiger partial charge is 0.180 e. The Morgan fingerprint density at radius 3 is 2.27 bits per heavy atom. The molecule has 3 aromatic carbocycles. The van der Waals surface area contributed by atoms with E-state index in [1.165, 1.54) is 14.0 Å². The zero-order valence-corrected chi connectivity index (χ0v) is 21.3. The summed E-state index contributed by atoms with van der Waals surface area (Å²) in [5, 5.41) is 0.559. The molecule has 3 atom stereocenters. The summed E-state index contributed by atoms with van der Waals surface area (Å²) in [6, 6.07) is 16.1. The van der Waals surface area contributed by atoms with E-state index in [2.05, 4.69) is 0 Å². The fourth-order valence-corrected chi connectivity index (χ4v) is 6.70. The highest BCUT2D eigenvalue weighted by Gasteiger charge is 2.71. The largest absolute Gasteiger partial charge is 0.497 e. The van der Waals surface area contributed by atoms with Gasteiger partial charge in [0.25, 0.3) is 0 Å². The van der Waals surface area contributed by atoms with Gasteiger partial charge in [-0.25, -0.2) is 0 Å². The third-order valence-corrected chi connectivity index (χ3v) is 8.19. The number of rotatable bonds is 4. The zero-order chi connectivity index (χ0) is 26.1. The van der Waals surface area contributed by atoms with E-state index in [4.69, 9.17) is 21.1 Å². The van der Waals surface area contributed by atoms with E-state index >= 15 is 0 Å². The minimum Gasteiger partial charge on any atom is -0.497 e. The first kappa shape index (κ1) is 23.5. The highest BCUT2D eigenvalue weighted by molar-refractivity contribution is 6.32. The molecule has 2 heterocycles. The van der Waals surface area contributed by atoms with Gasteiger partial charge in [-0.05, 0) is 36.8 Å². The average Bonchev–Trinajstić information content (AvgIpc) is 3.34. The van der Waals surface area contributed by atoms with Crippen molar-refractivity contribution in [1.82, 2.24) is 0 Å². The van der Waals surface area contributed by atoms with Crippen LogP contribution in [0.1, 0.15) is 44.7 Å². The first-order valence-electron chi connectivity index (χ1n) is 12.0. The first-order chi connectivity index (χ1) is 17.8. The molecular formula is C30H24ClNO5. The van der Waals surface area contributed by atoms with Gasteiger partial charge in [0.05, 0.1) is 26.3 Å². The second-order valence-corrected chi connectivity index (χ2v) is 10.1. The quantitative estimate of drug-likeness (QED) is 0.436. The summed E-state index contributed by atoms with van der Waals surface area (Å²) in [6.45, 7) is 1.51. The van der Waals surface area contributed by atoms with Gasteiger partial charge in [-0.15, -0.1) is 0 Å². The first-order valence-corrected chi connectivity index (χ1v) is 12.4. The summed E-state index contributed by atoms with van der Waals surface area (Å²) in [6.07, 6.45) is 3.75. The molecule has 37 heavy (non-hydrogen) atoms. The molecule has 0 radical (unpaired) electrons. The Morgan fingerprint density at radius 2 is 1.65 bits per heavy atom. The molecule has 0 N–H and O–H groups in total. The molecule has 3 aliphatic rings. The van der Waals surface area contributed by atoms with Crippen molar-refractivity contribution in [3.63, 3.8) is 0 Å². The SMILES string of the molecule is COc1ccc([C@H]2[C@H](C(C)=O)N3c4ccc(Cl)cc4C=C[C@H]3C23C(=O)c2ccccc2C3=O)c(OC)c1. The Kier molecular flexibility index (Phi) is 5.28. The van der Waals surface area contributed by atoms with Crippen LogP contribution in [0.25, 0.3) is 6.08 Å². The molecule has 7 heteroatoms. The van der Waals surface area contributed by atoms with Crippen LogP contribution < -0.4 is 14.4 Å². The summed E-state index contributed by atoms with van der Waals surface area (Å²) in [5.41, 5.74) is 1.38. The van der Waals surface area contributed by atoms with Crippen LogP contribution in [0.4, 0.5) is 5.69 Å². The molecule has 1 spiro atoms. The van der Waals surface area contributed by atoms with Crippen LogP contribution in [-0.2, 0) is 4.79 Å². The van der Waals surface area contributed by atoms with E-state index in [9.17, 15) is 14.4 Å². The topological polar surface area (TPSA) is 72.9 Å². The van der Waals surface area contributed by atoms with Crippen molar-refractivity contribution in [3.8, 4) is 11.5 Å². The van der Waals surface area contributed by atoms with Crippen molar-refractivity contribution in [2.75, 3.05) is 19.1 Å². The summed E-state index contributed by atoms with van der Waals surface area (Å²) in [7, 11) is 3.08. The van der Waals surface area contributed by atoms with E-state index in [0.717, 1.165) is 11.3 Å². The van der Waals surface area contributed by atoms with Crippen molar-refractivity contribution in [2.45, 2.75) is 24.9 Å². The minimum absolute atomic E-state index is 0.155. The Labute approximate surface area is 219 Å². The van der Waals surface area contributed by atoms with E-state index < -0.39 is 23.4 Å². The van der Waals surface area contributed by atoms with Crippen molar-refractivity contribution < 1.29 is 23.9 Å². The Balaban J connectivity index is 1.69. The molecule has 2 aliphatic heterocycles. The van der Waals surface area contributed by atoms with E-state index in [1.807, 2.05) is 29.2 Å². The minimum atomic E-state index is -1.56. The molecule has 186 valence electrons. The number of ketones is 3. The predicted molar refractivity (Wildman–Crippen MR) is 141 cm³/mol. The fraction of sp³-hybridized carbons (Fsp3) is 0.233. The molecule has 0 bridgehead atoms. The number of hydrogen-bond acceptors (Lipinski definition) is 6. The lowest BCUT2D eigenvalue weighted by molar-refractivity contribution is -0.118. The molecular weight excluding hydrogens is 490 g/mol. The molecule has 0 unspecified atom stereocenters. The zero-order valence-electron chi connectivity index (χ0n) is 20.5. The molecule has 0 amide bonds. The Bertz CT molecular complexity index is 1490. The maximum Gasteiger partial charge on any atom is 0.180 e. The number of halogens is 1. The van der Waals surface area contributed by atoms with E-state index in [1.54, 1.807) is 55.6 Å². The van der Waals surface area contributed by atoms with Gasteiger partial charge >= 0.3 is 0 Å². The van der Waals surface area contributed by atoms with Gasteiger partial charge in [0.1, 0.15) is 16.9 Å². The number of Topliss-reactive ketones (excluding diaryl/α,β-unsaturated/α-hetero) is 3. The van der Waals surface area contributed by atoms with Crippen molar-refractivity contribution in [3.05, 3.63) is 94.0 Å². The van der Waals surface area contributed by atoms with E-state index in [-0.39, 0.29) is 17.3 Å². The number of carbonyl (C=O) groups is 3. The summed E-state index contributed by atoms with van der Waals surface area (Å²) >= 11 is 6.28. The molecule has 0 saturated carbocycles. The summed E-state index contributed by atoms with van der Waals surface area (Å²) in [5.74, 6) is -0.510. The fourth-order valence-electron chi connectivity index (χ4n) is 6.52. The van der Waals surface area contributed by atoms with Crippen LogP contribution in [0, 0.1) is 5.41 Å². The van der Waals surface area contributed by atoms with Crippen molar-refractivity contribution in [2.24, 2.45) is 5.41 Å². The lowest BCUT2D eigenvalue weighted by atomic mass is 9.64. The standard InChI is InChI=1S/C30H24ClNO5/c1-16(33)27-26(22-11-10-19(36-2)15-24(22)37-3)30(28(34)20-6-4-5-7-21(20)29(30)35)25-13-8-17-14-18(31)9-12-23(17)32(25)27/h4-15,25-27H,1-3H3/t25-,26-,27-/m0/s1. The Morgan fingerprint density at radius 1 is 0.946 bits per heavy atom. The lowest BCUT2D eigenvalue weighted by Crippen LogP contribution is -2.48. The van der Waals surface area contributed by atoms with Gasteiger partial charge in [0, 0.05) is 39.4 Å². The van der Waals surface area contributed by atoms with Crippen LogP contribution in [-0.4, -0.2) is 43.7 Å². The maximum atomic E-state index is 14.4.